The Morgan fingerprint density at radius 1 is 0.622 bits per heavy atom. The van der Waals surface area contributed by atoms with Gasteiger partial charge in [0.25, 0.3) is 0 Å². The third-order valence-corrected chi connectivity index (χ3v) is 6.97. The van der Waals surface area contributed by atoms with Crippen molar-refractivity contribution in [3.63, 3.8) is 0 Å². The van der Waals surface area contributed by atoms with E-state index in [4.69, 9.17) is 11.1 Å². The maximum atomic E-state index is 12.7. The first-order valence-corrected chi connectivity index (χ1v) is 15.7. The number of nitrogens with one attached hydrogen (secondary N) is 4. The molecule has 0 aromatic heterocycles. The van der Waals surface area contributed by atoms with E-state index in [-0.39, 0.29) is 17.8 Å². The minimum Gasteiger partial charge on any atom is -0.370 e. The van der Waals surface area contributed by atoms with Gasteiger partial charge in [0.1, 0.15) is 6.04 Å². The van der Waals surface area contributed by atoms with Crippen LogP contribution in [0.2, 0.25) is 0 Å². The van der Waals surface area contributed by atoms with Crippen LogP contribution in [0, 0.1) is 5.41 Å². The fourth-order valence-corrected chi connectivity index (χ4v) is 4.61. The summed E-state index contributed by atoms with van der Waals surface area (Å²) in [4.78, 5) is 25.2. The van der Waals surface area contributed by atoms with E-state index in [0.717, 1.165) is 25.7 Å². The summed E-state index contributed by atoms with van der Waals surface area (Å²) in [6.45, 7) is 5.64. The number of hydrogen-bond donors (Lipinski definition) is 5. The van der Waals surface area contributed by atoms with Crippen molar-refractivity contribution in [3.05, 3.63) is 0 Å². The van der Waals surface area contributed by atoms with Crippen LogP contribution in [0.1, 0.15) is 155 Å². The highest BCUT2D eigenvalue weighted by atomic mass is 16.2. The van der Waals surface area contributed by atoms with Crippen LogP contribution in [-0.2, 0) is 9.59 Å². The van der Waals surface area contributed by atoms with Crippen LogP contribution in [0.25, 0.3) is 0 Å². The normalized spacial score (nSPS) is 11.7. The molecule has 7 heteroatoms. The van der Waals surface area contributed by atoms with Crippen molar-refractivity contribution in [2.45, 2.75) is 161 Å². The number of guanidine groups is 1. The minimum atomic E-state index is -0.525. The van der Waals surface area contributed by atoms with Crippen molar-refractivity contribution < 1.29 is 9.59 Å². The first-order valence-electron chi connectivity index (χ1n) is 15.7. The summed E-state index contributed by atoms with van der Waals surface area (Å²) < 4.78 is 0. The highest BCUT2D eigenvalue weighted by Crippen LogP contribution is 2.13. The van der Waals surface area contributed by atoms with Crippen molar-refractivity contribution in [3.8, 4) is 0 Å². The Morgan fingerprint density at radius 2 is 1.05 bits per heavy atom. The number of rotatable bonds is 27. The summed E-state index contributed by atoms with van der Waals surface area (Å²) >= 11 is 0. The average Bonchev–Trinajstić information content (AvgIpc) is 2.87. The van der Waals surface area contributed by atoms with Crippen LogP contribution in [0.4, 0.5) is 0 Å². The molecule has 0 aromatic rings. The molecule has 0 aromatic carbocycles. The Bertz CT molecular complexity index is 556. The van der Waals surface area contributed by atoms with Crippen LogP contribution in [0.3, 0.4) is 0 Å². The fourth-order valence-electron chi connectivity index (χ4n) is 4.61. The van der Waals surface area contributed by atoms with Crippen LogP contribution in [0.5, 0.6) is 0 Å². The van der Waals surface area contributed by atoms with Crippen molar-refractivity contribution in [1.29, 1.82) is 5.41 Å². The molecule has 0 saturated carbocycles. The first kappa shape index (κ1) is 35.2. The van der Waals surface area contributed by atoms with Gasteiger partial charge in [-0.2, -0.15) is 0 Å². The third-order valence-electron chi connectivity index (χ3n) is 6.97. The lowest BCUT2D eigenvalue weighted by Crippen LogP contribution is -2.47. The number of unbranched alkanes of at least 4 members (excludes halogenated alkanes) is 17. The van der Waals surface area contributed by atoms with E-state index in [0.29, 0.717) is 32.4 Å². The van der Waals surface area contributed by atoms with Crippen molar-refractivity contribution in [2.24, 2.45) is 5.73 Å². The fraction of sp³-hybridized carbons (Fsp3) is 0.900. The number of carbonyl (C=O) groups is 2. The van der Waals surface area contributed by atoms with E-state index < -0.39 is 6.04 Å². The van der Waals surface area contributed by atoms with Gasteiger partial charge in [0.15, 0.2) is 5.96 Å². The monoisotopic (exact) mass is 523 g/mol. The Balaban J connectivity index is 4.04. The van der Waals surface area contributed by atoms with Crippen molar-refractivity contribution in [2.75, 3.05) is 13.1 Å². The lowest BCUT2D eigenvalue weighted by molar-refractivity contribution is -0.129. The minimum absolute atomic E-state index is 0.0395. The van der Waals surface area contributed by atoms with Crippen LogP contribution < -0.4 is 21.7 Å². The second kappa shape index (κ2) is 27.3. The van der Waals surface area contributed by atoms with Gasteiger partial charge in [0.05, 0.1) is 0 Å². The second-order valence-electron chi connectivity index (χ2n) is 10.7. The molecule has 2 amide bonds. The molecule has 218 valence electrons. The molecule has 6 N–H and O–H groups in total. The lowest BCUT2D eigenvalue weighted by Gasteiger charge is -2.19. The quantitative estimate of drug-likeness (QED) is 0.0468. The first-order chi connectivity index (χ1) is 18.0. The topological polar surface area (TPSA) is 120 Å². The zero-order chi connectivity index (χ0) is 27.4. The molecule has 7 nitrogen and oxygen atoms in total. The Hall–Kier alpha value is -1.79. The smallest absolute Gasteiger partial charge is 0.242 e. The molecule has 0 heterocycles. The number of nitrogens with two attached hydrogens (primary N) is 1. The Morgan fingerprint density at radius 3 is 1.54 bits per heavy atom. The van der Waals surface area contributed by atoms with Crippen molar-refractivity contribution >= 4 is 17.8 Å². The molecule has 0 unspecified atom stereocenters. The number of amides is 2. The average molecular weight is 524 g/mol. The molecule has 0 rings (SSSR count). The van der Waals surface area contributed by atoms with Gasteiger partial charge < -0.3 is 21.7 Å². The SMILES string of the molecule is CCCCCCCCCCCCCCCC(=O)N[C@@H](CCCNC(=N)N)C(=O)NCCCCCCCC. The maximum absolute atomic E-state index is 12.7. The summed E-state index contributed by atoms with van der Waals surface area (Å²) in [5.41, 5.74) is 5.34. The zero-order valence-corrected chi connectivity index (χ0v) is 24.4. The molecule has 0 radical (unpaired) electrons. The van der Waals surface area contributed by atoms with E-state index in [1.54, 1.807) is 0 Å². The highest BCUT2D eigenvalue weighted by Gasteiger charge is 2.19. The summed E-state index contributed by atoms with van der Waals surface area (Å²) in [5, 5.41) is 16.0. The zero-order valence-electron chi connectivity index (χ0n) is 24.4. The number of hydrogen-bond acceptors (Lipinski definition) is 3. The molecule has 0 aliphatic heterocycles. The maximum Gasteiger partial charge on any atom is 0.242 e. The van der Waals surface area contributed by atoms with Gasteiger partial charge in [0, 0.05) is 19.5 Å². The van der Waals surface area contributed by atoms with Gasteiger partial charge in [-0.15, -0.1) is 0 Å². The number of carbonyl (C=O) groups excluding carboxylic acids is 2. The molecule has 0 bridgehead atoms. The Labute approximate surface area is 228 Å². The van der Waals surface area contributed by atoms with Gasteiger partial charge in [-0.05, 0) is 25.7 Å². The largest absolute Gasteiger partial charge is 0.370 e. The molecular formula is C30H61N5O2. The van der Waals surface area contributed by atoms with E-state index in [9.17, 15) is 9.59 Å². The predicted octanol–water partition coefficient (Wildman–Crippen LogP) is 6.69. The molecule has 0 aliphatic rings. The van der Waals surface area contributed by atoms with Crippen LogP contribution >= 0.6 is 0 Å². The molecular weight excluding hydrogens is 462 g/mol. The lowest BCUT2D eigenvalue weighted by atomic mass is 10.0. The molecule has 0 saturated heterocycles. The van der Waals surface area contributed by atoms with Gasteiger partial charge >= 0.3 is 0 Å². The van der Waals surface area contributed by atoms with E-state index in [1.807, 2.05) is 0 Å². The summed E-state index contributed by atoms with van der Waals surface area (Å²) in [7, 11) is 0. The molecule has 37 heavy (non-hydrogen) atoms. The predicted molar refractivity (Wildman–Crippen MR) is 158 cm³/mol. The molecule has 0 aliphatic carbocycles. The van der Waals surface area contributed by atoms with Crippen molar-refractivity contribution in [1.82, 2.24) is 16.0 Å². The standard InChI is InChI=1S/C30H61N5O2/c1-3-5-7-9-11-12-13-14-15-16-17-18-20-24-28(36)35-27(23-22-26-34-30(31)32)29(37)33-25-21-19-10-8-6-4-2/h27H,3-26H2,1-2H3,(H,33,37)(H,35,36)(H4,31,32,34)/t27-/m0/s1. The van der Waals surface area contributed by atoms with Gasteiger partial charge in [-0.25, -0.2) is 0 Å². The van der Waals surface area contributed by atoms with E-state index >= 15 is 0 Å². The summed E-state index contributed by atoms with van der Waals surface area (Å²) in [5.74, 6) is -0.215. The highest BCUT2D eigenvalue weighted by molar-refractivity contribution is 5.87. The van der Waals surface area contributed by atoms with E-state index in [1.165, 1.54) is 96.3 Å². The van der Waals surface area contributed by atoms with E-state index in [2.05, 4.69) is 29.8 Å². The van der Waals surface area contributed by atoms with Crippen LogP contribution in [-0.4, -0.2) is 36.9 Å². The van der Waals surface area contributed by atoms with Gasteiger partial charge in [-0.3, -0.25) is 15.0 Å². The van der Waals surface area contributed by atoms with Gasteiger partial charge in [-0.1, -0.05) is 123 Å². The summed E-state index contributed by atoms with van der Waals surface area (Å²) in [6, 6.07) is -0.525. The van der Waals surface area contributed by atoms with Gasteiger partial charge in [0.2, 0.25) is 11.8 Å². The molecule has 0 fully saturated rings. The molecule has 0 spiro atoms. The third kappa shape index (κ3) is 25.6. The Kier molecular flexibility index (Phi) is 25.9. The second-order valence-corrected chi connectivity index (χ2v) is 10.7. The summed E-state index contributed by atoms with van der Waals surface area (Å²) in [6.07, 6.45) is 25.4. The molecule has 1 atom stereocenters. The van der Waals surface area contributed by atoms with Crippen LogP contribution in [0.15, 0.2) is 0 Å².